The number of likely N-dealkylation sites (tertiary alicyclic amines) is 1. The van der Waals surface area contributed by atoms with E-state index < -0.39 is 0 Å². The number of nitrogens with zero attached hydrogens (tertiary/aromatic N) is 1. The molecule has 1 fully saturated rings. The molecule has 0 aromatic rings. The summed E-state index contributed by atoms with van der Waals surface area (Å²) in [4.78, 5) is 2.38. The van der Waals surface area contributed by atoms with Crippen LogP contribution in [0.1, 0.15) is 33.1 Å². The van der Waals surface area contributed by atoms with Gasteiger partial charge in [-0.15, -0.1) is 0 Å². The molecule has 1 N–H and O–H groups in total. The summed E-state index contributed by atoms with van der Waals surface area (Å²) in [6.07, 6.45) is 3.79. The van der Waals surface area contributed by atoms with E-state index in [9.17, 15) is 5.11 Å². The first-order valence-electron chi connectivity index (χ1n) is 4.62. The summed E-state index contributed by atoms with van der Waals surface area (Å²) in [5.41, 5.74) is 0. The monoisotopic (exact) mass is 157 g/mol. The number of hydrogen-bond donors (Lipinski definition) is 1. The lowest BCUT2D eigenvalue weighted by Gasteiger charge is -2.33. The third-order valence-electron chi connectivity index (χ3n) is 2.44. The number of rotatable bonds is 2. The minimum absolute atomic E-state index is 0.171. The molecule has 2 atom stereocenters. The van der Waals surface area contributed by atoms with E-state index in [0.717, 1.165) is 6.54 Å². The van der Waals surface area contributed by atoms with Crippen LogP contribution < -0.4 is 0 Å². The average Bonchev–Trinajstić information content (AvgIpc) is 1.93. The van der Waals surface area contributed by atoms with Gasteiger partial charge in [-0.05, 0) is 33.2 Å². The Labute approximate surface area is 69.2 Å². The van der Waals surface area contributed by atoms with Crippen molar-refractivity contribution in [3.05, 3.63) is 0 Å². The van der Waals surface area contributed by atoms with Crippen molar-refractivity contribution in [2.24, 2.45) is 0 Å². The van der Waals surface area contributed by atoms with Crippen LogP contribution in [0.3, 0.4) is 0 Å². The Kier molecular flexibility index (Phi) is 3.34. The van der Waals surface area contributed by atoms with Crippen LogP contribution in [-0.2, 0) is 0 Å². The van der Waals surface area contributed by atoms with E-state index in [1.807, 2.05) is 6.92 Å². The SMILES string of the molecule is C[C@H](O)CN1CCCC[C@@H]1C. The van der Waals surface area contributed by atoms with Crippen LogP contribution in [0.5, 0.6) is 0 Å². The van der Waals surface area contributed by atoms with Crippen LogP contribution in [0.25, 0.3) is 0 Å². The first kappa shape index (κ1) is 9.01. The minimum Gasteiger partial charge on any atom is -0.392 e. The molecule has 1 heterocycles. The molecule has 2 heteroatoms. The Bertz CT molecular complexity index is 114. The summed E-state index contributed by atoms with van der Waals surface area (Å²) in [5.74, 6) is 0. The Morgan fingerprint density at radius 1 is 1.55 bits per heavy atom. The van der Waals surface area contributed by atoms with Crippen LogP contribution in [0.15, 0.2) is 0 Å². The number of hydrogen-bond acceptors (Lipinski definition) is 2. The van der Waals surface area contributed by atoms with Crippen molar-refractivity contribution < 1.29 is 5.11 Å². The topological polar surface area (TPSA) is 23.5 Å². The molecule has 0 radical (unpaired) electrons. The molecular weight excluding hydrogens is 138 g/mol. The molecule has 0 aromatic heterocycles. The van der Waals surface area contributed by atoms with E-state index in [4.69, 9.17) is 0 Å². The van der Waals surface area contributed by atoms with Crippen molar-refractivity contribution in [3.63, 3.8) is 0 Å². The summed E-state index contributed by atoms with van der Waals surface area (Å²) < 4.78 is 0. The van der Waals surface area contributed by atoms with Gasteiger partial charge in [0.25, 0.3) is 0 Å². The van der Waals surface area contributed by atoms with Crippen LogP contribution in [-0.4, -0.2) is 35.2 Å². The second-order valence-electron chi connectivity index (χ2n) is 3.69. The summed E-state index contributed by atoms with van der Waals surface area (Å²) >= 11 is 0. The largest absolute Gasteiger partial charge is 0.392 e. The zero-order chi connectivity index (χ0) is 8.27. The van der Waals surface area contributed by atoms with E-state index >= 15 is 0 Å². The fraction of sp³-hybridized carbons (Fsp3) is 1.00. The van der Waals surface area contributed by atoms with E-state index in [2.05, 4.69) is 11.8 Å². The highest BCUT2D eigenvalue weighted by Gasteiger charge is 2.18. The number of β-amino-alcohol motifs (C(OH)–C–C–N with tert-alkyl or cyclic N) is 1. The van der Waals surface area contributed by atoms with Gasteiger partial charge >= 0.3 is 0 Å². The Morgan fingerprint density at radius 3 is 2.82 bits per heavy atom. The normalized spacial score (nSPS) is 30.3. The predicted molar refractivity (Wildman–Crippen MR) is 46.6 cm³/mol. The van der Waals surface area contributed by atoms with Gasteiger partial charge in [0.1, 0.15) is 0 Å². The van der Waals surface area contributed by atoms with Gasteiger partial charge in [0.15, 0.2) is 0 Å². The maximum absolute atomic E-state index is 9.18. The van der Waals surface area contributed by atoms with Gasteiger partial charge in [-0.3, -0.25) is 4.90 Å². The molecule has 0 bridgehead atoms. The Hall–Kier alpha value is -0.0800. The van der Waals surface area contributed by atoms with Crippen molar-refractivity contribution in [1.29, 1.82) is 0 Å². The minimum atomic E-state index is -0.171. The standard InChI is InChI=1S/C9H19NO/c1-8-5-3-4-6-10(8)7-9(2)11/h8-9,11H,3-7H2,1-2H3/t8-,9-/m0/s1. The molecule has 0 spiro atoms. The molecule has 1 rings (SSSR count). The van der Waals surface area contributed by atoms with Crippen LogP contribution in [0, 0.1) is 0 Å². The molecule has 1 aliphatic heterocycles. The first-order chi connectivity index (χ1) is 5.20. The smallest absolute Gasteiger partial charge is 0.0639 e. The Balaban J connectivity index is 2.29. The zero-order valence-corrected chi connectivity index (χ0v) is 7.58. The third-order valence-corrected chi connectivity index (χ3v) is 2.44. The lowest BCUT2D eigenvalue weighted by Crippen LogP contribution is -2.41. The van der Waals surface area contributed by atoms with Crippen molar-refractivity contribution in [3.8, 4) is 0 Å². The van der Waals surface area contributed by atoms with Gasteiger partial charge in [-0.25, -0.2) is 0 Å². The molecule has 0 amide bonds. The van der Waals surface area contributed by atoms with Gasteiger partial charge < -0.3 is 5.11 Å². The highest BCUT2D eigenvalue weighted by Crippen LogP contribution is 2.15. The molecule has 0 aromatic carbocycles. The maximum atomic E-state index is 9.18. The van der Waals surface area contributed by atoms with Crippen molar-refractivity contribution in [2.75, 3.05) is 13.1 Å². The van der Waals surface area contributed by atoms with E-state index in [1.165, 1.54) is 25.8 Å². The van der Waals surface area contributed by atoms with Crippen molar-refractivity contribution in [1.82, 2.24) is 4.90 Å². The zero-order valence-electron chi connectivity index (χ0n) is 7.58. The van der Waals surface area contributed by atoms with E-state index in [1.54, 1.807) is 0 Å². The molecule has 0 aliphatic carbocycles. The highest BCUT2D eigenvalue weighted by molar-refractivity contribution is 4.73. The summed E-state index contributed by atoms with van der Waals surface area (Å²) in [5, 5.41) is 9.18. The molecule has 1 aliphatic rings. The van der Waals surface area contributed by atoms with Crippen LogP contribution in [0.2, 0.25) is 0 Å². The lowest BCUT2D eigenvalue weighted by atomic mass is 10.0. The fourth-order valence-corrected chi connectivity index (χ4v) is 1.77. The Morgan fingerprint density at radius 2 is 2.27 bits per heavy atom. The van der Waals surface area contributed by atoms with E-state index in [0.29, 0.717) is 6.04 Å². The molecule has 1 saturated heterocycles. The summed E-state index contributed by atoms with van der Waals surface area (Å²) in [6, 6.07) is 0.679. The van der Waals surface area contributed by atoms with E-state index in [-0.39, 0.29) is 6.10 Å². The summed E-state index contributed by atoms with van der Waals surface area (Å²) in [6.45, 7) is 6.14. The van der Waals surface area contributed by atoms with Crippen molar-refractivity contribution >= 4 is 0 Å². The third kappa shape index (κ3) is 2.80. The molecule has 0 saturated carbocycles. The van der Waals surface area contributed by atoms with Gasteiger partial charge in [0.2, 0.25) is 0 Å². The van der Waals surface area contributed by atoms with Gasteiger partial charge in [0.05, 0.1) is 6.10 Å². The second kappa shape index (κ2) is 4.07. The lowest BCUT2D eigenvalue weighted by molar-refractivity contribution is 0.0832. The van der Waals surface area contributed by atoms with Gasteiger partial charge in [0, 0.05) is 12.6 Å². The van der Waals surface area contributed by atoms with Crippen molar-refractivity contribution in [2.45, 2.75) is 45.3 Å². The number of aliphatic hydroxyl groups is 1. The number of piperidine rings is 1. The molecule has 66 valence electrons. The first-order valence-corrected chi connectivity index (χ1v) is 4.62. The molecule has 2 nitrogen and oxygen atoms in total. The fourth-order valence-electron chi connectivity index (χ4n) is 1.77. The average molecular weight is 157 g/mol. The molecule has 11 heavy (non-hydrogen) atoms. The quantitative estimate of drug-likeness (QED) is 0.652. The molecule has 0 unspecified atom stereocenters. The maximum Gasteiger partial charge on any atom is 0.0639 e. The van der Waals surface area contributed by atoms with Gasteiger partial charge in [-0.2, -0.15) is 0 Å². The predicted octanol–water partition coefficient (Wildman–Crippen LogP) is 1.24. The number of aliphatic hydroxyl groups excluding tert-OH is 1. The second-order valence-corrected chi connectivity index (χ2v) is 3.69. The highest BCUT2D eigenvalue weighted by atomic mass is 16.3. The van der Waals surface area contributed by atoms with Crippen LogP contribution >= 0.6 is 0 Å². The summed E-state index contributed by atoms with van der Waals surface area (Å²) in [7, 11) is 0. The molecular formula is C9H19NO. The van der Waals surface area contributed by atoms with Crippen LogP contribution in [0.4, 0.5) is 0 Å². The van der Waals surface area contributed by atoms with Gasteiger partial charge in [-0.1, -0.05) is 6.42 Å².